The van der Waals surface area contributed by atoms with Gasteiger partial charge in [0.05, 0.1) is 11.7 Å². The molecule has 2 aromatic rings. The van der Waals surface area contributed by atoms with Crippen LogP contribution in [-0.2, 0) is 0 Å². The number of aromatic nitrogens is 1. The predicted octanol–water partition coefficient (Wildman–Crippen LogP) is 4.46. The number of fused-ring (bicyclic) bond motifs is 2. The van der Waals surface area contributed by atoms with E-state index in [1.54, 1.807) is 0 Å². The SMILES string of the molecule is CB(O)C1CCN(C2c3ccccc3C(Br)=Cc3cccnc32)CC1. The average Bonchev–Trinajstić information content (AvgIpc) is 2.76. The summed E-state index contributed by atoms with van der Waals surface area (Å²) >= 11 is 3.77. The third kappa shape index (κ3) is 3.21. The molecule has 0 saturated carbocycles. The molecule has 1 saturated heterocycles. The molecule has 1 atom stereocenters. The van der Waals surface area contributed by atoms with Crippen molar-refractivity contribution in [2.45, 2.75) is 31.5 Å². The first-order valence-corrected chi connectivity index (χ1v) is 9.78. The third-order valence-electron chi connectivity index (χ3n) is 5.55. The topological polar surface area (TPSA) is 36.4 Å². The second-order valence-electron chi connectivity index (χ2n) is 7.07. The zero-order chi connectivity index (χ0) is 17.4. The Balaban J connectivity index is 1.77. The lowest BCUT2D eigenvalue weighted by atomic mass is 9.55. The molecular formula is C20H22BBrN2O. The monoisotopic (exact) mass is 396 g/mol. The molecule has 5 heteroatoms. The molecule has 1 aromatic carbocycles. The normalized spacial score (nSPS) is 21.1. The number of nitrogens with zero attached hydrogens (tertiary/aromatic N) is 2. The Labute approximate surface area is 158 Å². The first kappa shape index (κ1) is 17.0. The third-order valence-corrected chi connectivity index (χ3v) is 6.20. The highest BCUT2D eigenvalue weighted by atomic mass is 79.9. The fourth-order valence-electron chi connectivity index (χ4n) is 4.12. The molecule has 2 heterocycles. The van der Waals surface area contributed by atoms with Gasteiger partial charge >= 0.3 is 0 Å². The van der Waals surface area contributed by atoms with E-state index in [9.17, 15) is 5.02 Å². The summed E-state index contributed by atoms with van der Waals surface area (Å²) in [6.07, 6.45) is 6.15. The number of likely N-dealkylation sites (tertiary alicyclic amines) is 1. The van der Waals surface area contributed by atoms with Crippen LogP contribution in [0.1, 0.15) is 41.3 Å². The molecule has 128 valence electrons. The highest BCUT2D eigenvalue weighted by molar-refractivity contribution is 9.15. The maximum atomic E-state index is 9.92. The van der Waals surface area contributed by atoms with Gasteiger partial charge in [-0.15, -0.1) is 0 Å². The summed E-state index contributed by atoms with van der Waals surface area (Å²) in [4.78, 5) is 7.30. The van der Waals surface area contributed by atoms with Gasteiger partial charge in [0, 0.05) is 10.7 Å². The van der Waals surface area contributed by atoms with Crippen LogP contribution in [-0.4, -0.2) is 34.9 Å². The van der Waals surface area contributed by atoms with Crippen molar-refractivity contribution in [3.05, 3.63) is 65.0 Å². The summed E-state index contributed by atoms with van der Waals surface area (Å²) < 4.78 is 1.11. The first-order valence-electron chi connectivity index (χ1n) is 8.98. The van der Waals surface area contributed by atoms with Crippen LogP contribution in [0.25, 0.3) is 10.6 Å². The predicted molar refractivity (Wildman–Crippen MR) is 108 cm³/mol. The standard InChI is InChI=1S/C20H22BBrN2O/c1-21(25)15-8-11-24(12-9-15)20-17-7-3-2-6-16(17)18(22)13-14-5-4-10-23-19(14)20/h2-7,10,13,15,20,25H,8-9,11-12H2,1H3. The van der Waals surface area contributed by atoms with E-state index in [-0.39, 0.29) is 13.0 Å². The van der Waals surface area contributed by atoms with Gasteiger partial charge in [-0.1, -0.05) is 53.1 Å². The van der Waals surface area contributed by atoms with Crippen LogP contribution in [0.5, 0.6) is 0 Å². The van der Waals surface area contributed by atoms with E-state index >= 15 is 0 Å². The van der Waals surface area contributed by atoms with Crippen LogP contribution in [0.2, 0.25) is 12.6 Å². The van der Waals surface area contributed by atoms with Crippen LogP contribution < -0.4 is 0 Å². The number of rotatable bonds is 2. The molecule has 1 fully saturated rings. The van der Waals surface area contributed by atoms with E-state index in [4.69, 9.17) is 4.98 Å². The van der Waals surface area contributed by atoms with Crippen molar-refractivity contribution in [1.82, 2.24) is 9.88 Å². The Bertz CT molecular complexity index is 800. The molecular weight excluding hydrogens is 375 g/mol. The van der Waals surface area contributed by atoms with E-state index in [2.05, 4.69) is 57.2 Å². The molecule has 0 spiro atoms. The van der Waals surface area contributed by atoms with Gasteiger partial charge in [0.2, 0.25) is 0 Å². The van der Waals surface area contributed by atoms with Crippen molar-refractivity contribution < 1.29 is 5.02 Å². The minimum Gasteiger partial charge on any atom is -0.450 e. The average molecular weight is 397 g/mol. The molecule has 25 heavy (non-hydrogen) atoms. The van der Waals surface area contributed by atoms with Gasteiger partial charge < -0.3 is 5.02 Å². The summed E-state index contributed by atoms with van der Waals surface area (Å²) in [5.41, 5.74) is 4.84. The second-order valence-corrected chi connectivity index (χ2v) is 7.93. The Kier molecular flexibility index (Phi) is 4.81. The van der Waals surface area contributed by atoms with Crippen LogP contribution in [0.3, 0.4) is 0 Å². The van der Waals surface area contributed by atoms with E-state index in [0.29, 0.717) is 5.82 Å². The number of hydrogen-bond donors (Lipinski definition) is 1. The summed E-state index contributed by atoms with van der Waals surface area (Å²) in [6, 6.07) is 12.9. The first-order chi connectivity index (χ1) is 12.1. The van der Waals surface area contributed by atoms with Gasteiger partial charge in [-0.05, 0) is 60.6 Å². The number of hydrogen-bond acceptors (Lipinski definition) is 3. The summed E-state index contributed by atoms with van der Waals surface area (Å²) in [7, 11) is 0. The highest BCUT2D eigenvalue weighted by Gasteiger charge is 2.34. The van der Waals surface area contributed by atoms with Crippen molar-refractivity contribution in [3.8, 4) is 0 Å². The summed E-state index contributed by atoms with van der Waals surface area (Å²) in [6.45, 7) is 3.67. The lowest BCUT2D eigenvalue weighted by Crippen LogP contribution is -2.39. The van der Waals surface area contributed by atoms with Gasteiger partial charge in [-0.3, -0.25) is 9.88 Å². The molecule has 4 rings (SSSR count). The number of pyridine rings is 1. The van der Waals surface area contributed by atoms with Gasteiger partial charge in [0.25, 0.3) is 6.92 Å². The fraction of sp³-hybridized carbons (Fsp3) is 0.350. The van der Waals surface area contributed by atoms with Crippen molar-refractivity contribution >= 4 is 33.4 Å². The highest BCUT2D eigenvalue weighted by Crippen LogP contribution is 2.42. The molecule has 1 N–H and O–H groups in total. The van der Waals surface area contributed by atoms with Crippen molar-refractivity contribution in [2.75, 3.05) is 13.1 Å². The fourth-order valence-corrected chi connectivity index (χ4v) is 4.73. The minimum atomic E-state index is -0.218. The van der Waals surface area contributed by atoms with Crippen molar-refractivity contribution in [1.29, 1.82) is 0 Å². The van der Waals surface area contributed by atoms with Crippen LogP contribution >= 0.6 is 15.9 Å². The number of piperidine rings is 1. The van der Waals surface area contributed by atoms with Crippen LogP contribution in [0, 0.1) is 0 Å². The summed E-state index contributed by atoms with van der Waals surface area (Å²) in [5, 5.41) is 9.92. The molecule has 0 amide bonds. The van der Waals surface area contributed by atoms with E-state index in [1.165, 1.54) is 16.7 Å². The zero-order valence-corrected chi connectivity index (χ0v) is 16.0. The van der Waals surface area contributed by atoms with Gasteiger partial charge in [0.15, 0.2) is 0 Å². The van der Waals surface area contributed by atoms with Gasteiger partial charge in [0.1, 0.15) is 0 Å². The van der Waals surface area contributed by atoms with Gasteiger partial charge in [-0.25, -0.2) is 0 Å². The summed E-state index contributed by atoms with van der Waals surface area (Å²) in [5.74, 6) is 0.408. The lowest BCUT2D eigenvalue weighted by molar-refractivity contribution is 0.180. The van der Waals surface area contributed by atoms with E-state index in [0.717, 1.165) is 36.1 Å². The quantitative estimate of drug-likeness (QED) is 0.761. The van der Waals surface area contributed by atoms with Crippen LogP contribution in [0.15, 0.2) is 42.6 Å². The maximum Gasteiger partial charge on any atom is 0.289 e. The molecule has 2 aliphatic rings. The lowest BCUT2D eigenvalue weighted by Gasteiger charge is -2.38. The van der Waals surface area contributed by atoms with Crippen LogP contribution in [0.4, 0.5) is 0 Å². The molecule has 1 unspecified atom stereocenters. The Morgan fingerprint density at radius 1 is 1.16 bits per heavy atom. The van der Waals surface area contributed by atoms with E-state index in [1.807, 2.05) is 19.1 Å². The molecule has 1 aliphatic heterocycles. The Morgan fingerprint density at radius 3 is 2.68 bits per heavy atom. The number of halogens is 1. The molecule has 1 aromatic heterocycles. The van der Waals surface area contributed by atoms with Crippen molar-refractivity contribution in [3.63, 3.8) is 0 Å². The number of benzene rings is 1. The second kappa shape index (κ2) is 7.06. The maximum absolute atomic E-state index is 9.92. The smallest absolute Gasteiger partial charge is 0.289 e. The minimum absolute atomic E-state index is 0.161. The molecule has 0 radical (unpaired) electrons. The van der Waals surface area contributed by atoms with Gasteiger partial charge in [-0.2, -0.15) is 0 Å². The Morgan fingerprint density at radius 2 is 1.92 bits per heavy atom. The zero-order valence-electron chi connectivity index (χ0n) is 14.4. The molecule has 3 nitrogen and oxygen atoms in total. The Hall–Kier alpha value is -1.43. The van der Waals surface area contributed by atoms with Crippen molar-refractivity contribution in [2.24, 2.45) is 0 Å². The molecule has 1 aliphatic carbocycles. The largest absolute Gasteiger partial charge is 0.450 e. The van der Waals surface area contributed by atoms with E-state index < -0.39 is 0 Å². The molecule has 0 bridgehead atoms.